The van der Waals surface area contributed by atoms with Gasteiger partial charge in [0, 0.05) is 44.0 Å². The third kappa shape index (κ3) is 2.52. The van der Waals surface area contributed by atoms with Gasteiger partial charge in [-0.25, -0.2) is 9.97 Å². The Morgan fingerprint density at radius 3 is 2.42 bits per heavy atom. The fraction of sp³-hybridized carbons (Fsp3) is 0.312. The van der Waals surface area contributed by atoms with Gasteiger partial charge in [-0.2, -0.15) is 13.2 Å². The number of benzene rings is 1. The SMILES string of the molecule is FC(F)(F)c1ccc2nc(N3CCNCC3)c3nccnc3c2c1. The maximum absolute atomic E-state index is 13.0. The highest BCUT2D eigenvalue weighted by Gasteiger charge is 2.31. The predicted octanol–water partition coefficient (Wildman–Crippen LogP) is 2.61. The van der Waals surface area contributed by atoms with Crippen molar-refractivity contribution in [1.29, 1.82) is 0 Å². The summed E-state index contributed by atoms with van der Waals surface area (Å²) in [5.41, 5.74) is 0.761. The molecule has 0 saturated carbocycles. The Morgan fingerprint density at radius 1 is 1.00 bits per heavy atom. The summed E-state index contributed by atoms with van der Waals surface area (Å²) in [5, 5.41) is 3.63. The third-order valence-corrected chi connectivity index (χ3v) is 4.13. The molecule has 4 rings (SSSR count). The largest absolute Gasteiger partial charge is 0.416 e. The van der Waals surface area contributed by atoms with E-state index in [9.17, 15) is 13.2 Å². The second-order valence-electron chi connectivity index (χ2n) is 5.66. The van der Waals surface area contributed by atoms with Crippen LogP contribution in [0.2, 0.25) is 0 Å². The lowest BCUT2D eigenvalue weighted by Gasteiger charge is -2.29. The number of aromatic nitrogens is 3. The summed E-state index contributed by atoms with van der Waals surface area (Å²) in [6, 6.07) is 3.55. The zero-order chi connectivity index (χ0) is 16.7. The van der Waals surface area contributed by atoms with Crippen LogP contribution in [0, 0.1) is 0 Å². The van der Waals surface area contributed by atoms with Crippen molar-refractivity contribution in [3.63, 3.8) is 0 Å². The number of rotatable bonds is 1. The molecule has 1 aromatic carbocycles. The molecular weight excluding hydrogens is 319 g/mol. The van der Waals surface area contributed by atoms with Crippen molar-refractivity contribution < 1.29 is 13.2 Å². The molecular formula is C16H14F3N5. The van der Waals surface area contributed by atoms with Gasteiger partial charge >= 0.3 is 6.18 Å². The number of halogens is 3. The van der Waals surface area contributed by atoms with Gasteiger partial charge in [-0.1, -0.05) is 0 Å². The molecule has 8 heteroatoms. The summed E-state index contributed by atoms with van der Waals surface area (Å²) >= 11 is 0. The van der Waals surface area contributed by atoms with Crippen molar-refractivity contribution in [3.8, 4) is 0 Å². The van der Waals surface area contributed by atoms with Gasteiger partial charge in [0.1, 0.15) is 11.0 Å². The van der Waals surface area contributed by atoms with Crippen LogP contribution in [-0.2, 0) is 6.18 Å². The van der Waals surface area contributed by atoms with Crippen molar-refractivity contribution in [1.82, 2.24) is 20.3 Å². The number of pyridine rings is 1. The van der Waals surface area contributed by atoms with E-state index in [1.807, 2.05) is 0 Å². The first-order valence-corrected chi connectivity index (χ1v) is 7.61. The number of fused-ring (bicyclic) bond motifs is 3. The number of nitrogens with one attached hydrogen (secondary N) is 1. The van der Waals surface area contributed by atoms with Crippen LogP contribution in [-0.4, -0.2) is 41.1 Å². The molecule has 0 radical (unpaired) electrons. The quantitative estimate of drug-likeness (QED) is 0.694. The molecule has 24 heavy (non-hydrogen) atoms. The van der Waals surface area contributed by atoms with E-state index in [1.54, 1.807) is 0 Å². The van der Waals surface area contributed by atoms with Crippen LogP contribution < -0.4 is 10.2 Å². The summed E-state index contributed by atoms with van der Waals surface area (Å²) in [6.07, 6.45) is -1.38. The van der Waals surface area contributed by atoms with Gasteiger partial charge < -0.3 is 10.2 Å². The number of hydrogen-bond donors (Lipinski definition) is 1. The fourth-order valence-electron chi connectivity index (χ4n) is 2.96. The van der Waals surface area contributed by atoms with Gasteiger partial charge in [0.15, 0.2) is 5.82 Å². The highest BCUT2D eigenvalue weighted by Crippen LogP contribution is 2.34. The molecule has 1 aliphatic heterocycles. The second-order valence-corrected chi connectivity index (χ2v) is 5.66. The van der Waals surface area contributed by atoms with E-state index in [4.69, 9.17) is 0 Å². The molecule has 124 valence electrons. The summed E-state index contributed by atoms with van der Waals surface area (Å²) in [4.78, 5) is 15.3. The smallest absolute Gasteiger partial charge is 0.352 e. The Labute approximate surface area is 135 Å². The molecule has 3 heterocycles. The molecule has 1 fully saturated rings. The average molecular weight is 333 g/mol. The Bertz CT molecular complexity index is 903. The van der Waals surface area contributed by atoms with Crippen molar-refractivity contribution in [2.75, 3.05) is 31.1 Å². The second kappa shape index (κ2) is 5.55. The molecule has 3 aromatic rings. The lowest BCUT2D eigenvalue weighted by Crippen LogP contribution is -2.44. The number of nitrogens with zero attached hydrogens (tertiary/aromatic N) is 4. The molecule has 2 aromatic heterocycles. The lowest BCUT2D eigenvalue weighted by atomic mass is 10.1. The minimum Gasteiger partial charge on any atom is -0.352 e. The molecule has 5 nitrogen and oxygen atoms in total. The number of hydrogen-bond acceptors (Lipinski definition) is 5. The van der Waals surface area contributed by atoms with Crippen LogP contribution in [0.4, 0.5) is 19.0 Å². The Balaban J connectivity index is 1.98. The van der Waals surface area contributed by atoms with Crippen LogP contribution in [0.25, 0.3) is 21.9 Å². The number of anilines is 1. The van der Waals surface area contributed by atoms with Gasteiger partial charge in [-0.15, -0.1) is 0 Å². The minimum absolute atomic E-state index is 0.367. The van der Waals surface area contributed by atoms with Gasteiger partial charge in [0.2, 0.25) is 0 Å². The van der Waals surface area contributed by atoms with Crippen molar-refractivity contribution in [3.05, 3.63) is 36.2 Å². The molecule has 0 atom stereocenters. The van der Waals surface area contributed by atoms with E-state index >= 15 is 0 Å². The molecule has 0 spiro atoms. The van der Waals surface area contributed by atoms with Crippen molar-refractivity contribution in [2.45, 2.75) is 6.18 Å². The summed E-state index contributed by atoms with van der Waals surface area (Å²) in [6.45, 7) is 3.19. The number of piperazine rings is 1. The van der Waals surface area contributed by atoms with Gasteiger partial charge in [0.25, 0.3) is 0 Å². The first-order chi connectivity index (χ1) is 11.5. The van der Waals surface area contributed by atoms with E-state index in [-0.39, 0.29) is 0 Å². The standard InChI is InChI=1S/C16H14F3N5/c17-16(18,19)10-1-2-12-11(9-10)13-14(22-4-3-21-13)15(23-12)24-7-5-20-6-8-24/h1-4,9,20H,5-8H2. The van der Waals surface area contributed by atoms with Crippen LogP contribution in [0.15, 0.2) is 30.6 Å². The maximum atomic E-state index is 13.0. The average Bonchev–Trinajstić information content (AvgIpc) is 2.60. The summed E-state index contributed by atoms with van der Waals surface area (Å²) < 4.78 is 39.0. The topological polar surface area (TPSA) is 53.9 Å². The number of alkyl halides is 3. The van der Waals surface area contributed by atoms with E-state index in [0.29, 0.717) is 27.8 Å². The summed E-state index contributed by atoms with van der Waals surface area (Å²) in [5.74, 6) is 0.673. The van der Waals surface area contributed by atoms with Crippen LogP contribution >= 0.6 is 0 Å². The zero-order valence-corrected chi connectivity index (χ0v) is 12.6. The van der Waals surface area contributed by atoms with Crippen LogP contribution in [0.1, 0.15) is 5.56 Å². The van der Waals surface area contributed by atoms with Gasteiger partial charge in [-0.3, -0.25) is 4.98 Å². The highest BCUT2D eigenvalue weighted by molar-refractivity contribution is 6.06. The Hall–Kier alpha value is -2.48. The summed E-state index contributed by atoms with van der Waals surface area (Å²) in [7, 11) is 0. The molecule has 1 saturated heterocycles. The van der Waals surface area contributed by atoms with E-state index in [0.717, 1.165) is 38.3 Å². The first-order valence-electron chi connectivity index (χ1n) is 7.61. The van der Waals surface area contributed by atoms with E-state index < -0.39 is 11.7 Å². The Morgan fingerprint density at radius 2 is 1.71 bits per heavy atom. The molecule has 0 amide bonds. The van der Waals surface area contributed by atoms with E-state index in [2.05, 4.69) is 25.2 Å². The highest BCUT2D eigenvalue weighted by atomic mass is 19.4. The molecule has 1 N–H and O–H groups in total. The third-order valence-electron chi connectivity index (χ3n) is 4.13. The molecule has 0 aliphatic carbocycles. The Kier molecular flexibility index (Phi) is 3.49. The van der Waals surface area contributed by atoms with E-state index in [1.165, 1.54) is 18.5 Å². The van der Waals surface area contributed by atoms with Crippen molar-refractivity contribution in [2.24, 2.45) is 0 Å². The fourth-order valence-corrected chi connectivity index (χ4v) is 2.96. The normalized spacial score (nSPS) is 16.0. The molecule has 0 unspecified atom stereocenters. The van der Waals surface area contributed by atoms with Crippen LogP contribution in [0.5, 0.6) is 0 Å². The van der Waals surface area contributed by atoms with Gasteiger partial charge in [0.05, 0.1) is 11.1 Å². The van der Waals surface area contributed by atoms with Crippen LogP contribution in [0.3, 0.4) is 0 Å². The zero-order valence-electron chi connectivity index (χ0n) is 12.6. The van der Waals surface area contributed by atoms with Gasteiger partial charge in [-0.05, 0) is 18.2 Å². The monoisotopic (exact) mass is 333 g/mol. The first kappa shape index (κ1) is 15.1. The molecule has 0 bridgehead atoms. The van der Waals surface area contributed by atoms with Crippen molar-refractivity contribution >= 4 is 27.8 Å². The predicted molar refractivity (Wildman–Crippen MR) is 84.9 cm³/mol. The lowest BCUT2D eigenvalue weighted by molar-refractivity contribution is -0.137. The minimum atomic E-state index is -4.40. The molecule has 1 aliphatic rings. The maximum Gasteiger partial charge on any atom is 0.416 e.